The molecule has 1 atom stereocenters. The highest BCUT2D eigenvalue weighted by molar-refractivity contribution is 7.23. The van der Waals surface area contributed by atoms with E-state index >= 15 is 4.39 Å². The van der Waals surface area contributed by atoms with Crippen molar-refractivity contribution in [2.75, 3.05) is 51.9 Å². The number of thiophene rings is 1. The van der Waals surface area contributed by atoms with Gasteiger partial charge < -0.3 is 30.3 Å². The van der Waals surface area contributed by atoms with Gasteiger partial charge in [-0.2, -0.15) is 15.2 Å². The zero-order chi connectivity index (χ0) is 31.6. The van der Waals surface area contributed by atoms with E-state index in [2.05, 4.69) is 16.3 Å². The predicted molar refractivity (Wildman–Crippen MR) is 173 cm³/mol. The van der Waals surface area contributed by atoms with Crippen LogP contribution in [-0.2, 0) is 22.7 Å². The second-order valence-corrected chi connectivity index (χ2v) is 14.0. The van der Waals surface area contributed by atoms with Crippen molar-refractivity contribution in [3.05, 3.63) is 39.7 Å². The number of hydrogen-bond acceptors (Lipinski definition) is 10. The van der Waals surface area contributed by atoms with Crippen LogP contribution in [-0.4, -0.2) is 72.6 Å². The summed E-state index contributed by atoms with van der Waals surface area (Å²) < 4.78 is 27.5. The number of aromatic nitrogens is 2. The fourth-order valence-electron chi connectivity index (χ4n) is 6.71. The number of fused-ring (bicyclic) bond motifs is 4. The van der Waals surface area contributed by atoms with Crippen LogP contribution in [0, 0.1) is 22.6 Å². The van der Waals surface area contributed by atoms with Gasteiger partial charge in [0, 0.05) is 36.5 Å². The third-order valence-electron chi connectivity index (χ3n) is 9.06. The zero-order valence-electron chi connectivity index (χ0n) is 25.3. The molecule has 234 valence electrons. The van der Waals surface area contributed by atoms with E-state index in [1.165, 1.54) is 6.07 Å². The fraction of sp³-hybridized carbons (Fsp3) is 0.438. The molecule has 1 aliphatic carbocycles. The standard InChI is InChI=1S/C32H33ClFN7O3S/c1-40(2)14-32(8-9-32)15-44-31-38-26-24(29(39-31)37-21-5-4-10-41(3)30(21)42)19-13-43-12-18(19)22(25(26)33)16-6-7-20(34)27-23(16)17(11-35)28(36)45-27/h6-7,21H,4-5,8-10,12-15,36H2,1-3H3,(H,37,38,39)/t21-/m1/s1. The van der Waals surface area contributed by atoms with Crippen LogP contribution in [0.1, 0.15) is 42.4 Å². The van der Waals surface area contributed by atoms with Gasteiger partial charge in [-0.25, -0.2) is 4.39 Å². The Morgan fingerprint density at radius 3 is 2.80 bits per heavy atom. The minimum absolute atomic E-state index is 0.0122. The number of rotatable bonds is 8. The van der Waals surface area contributed by atoms with Gasteiger partial charge in [0.25, 0.3) is 0 Å². The quantitative estimate of drug-likeness (QED) is 0.253. The van der Waals surface area contributed by atoms with Crippen LogP contribution in [0.25, 0.3) is 32.1 Å². The summed E-state index contributed by atoms with van der Waals surface area (Å²) in [4.78, 5) is 26.7. The van der Waals surface area contributed by atoms with Crippen LogP contribution in [0.15, 0.2) is 12.1 Å². The molecule has 0 radical (unpaired) electrons. The lowest BCUT2D eigenvalue weighted by Gasteiger charge is -2.30. The molecule has 2 aromatic heterocycles. The summed E-state index contributed by atoms with van der Waals surface area (Å²) in [5.74, 6) is -0.0186. The van der Waals surface area contributed by atoms with Crippen molar-refractivity contribution in [1.29, 1.82) is 5.26 Å². The third-order valence-corrected chi connectivity index (χ3v) is 10.5. The molecule has 0 unspecified atom stereocenters. The van der Waals surface area contributed by atoms with E-state index in [0.29, 0.717) is 57.8 Å². The van der Waals surface area contributed by atoms with Gasteiger partial charge in [0.2, 0.25) is 5.91 Å². The number of anilines is 2. The Bertz CT molecular complexity index is 1920. The summed E-state index contributed by atoms with van der Waals surface area (Å²) in [5.41, 5.74) is 9.63. The fourth-order valence-corrected chi connectivity index (χ4v) is 8.02. The van der Waals surface area contributed by atoms with Gasteiger partial charge >= 0.3 is 6.01 Å². The lowest BCUT2D eigenvalue weighted by molar-refractivity contribution is -0.132. The summed E-state index contributed by atoms with van der Waals surface area (Å²) >= 11 is 8.33. The van der Waals surface area contributed by atoms with Crippen molar-refractivity contribution < 1.29 is 18.7 Å². The number of amides is 1. The van der Waals surface area contributed by atoms with Crippen LogP contribution in [0.5, 0.6) is 6.01 Å². The third kappa shape index (κ3) is 5.12. The van der Waals surface area contributed by atoms with Crippen molar-refractivity contribution in [2.24, 2.45) is 5.41 Å². The van der Waals surface area contributed by atoms with E-state index in [-0.39, 0.29) is 45.8 Å². The number of benzene rings is 2. The van der Waals surface area contributed by atoms with Gasteiger partial charge in [0.1, 0.15) is 28.7 Å². The van der Waals surface area contributed by atoms with E-state index < -0.39 is 11.9 Å². The number of likely N-dealkylation sites (N-methyl/N-ethyl adjacent to an activating group) is 1. The van der Waals surface area contributed by atoms with E-state index in [4.69, 9.17) is 36.8 Å². The largest absolute Gasteiger partial charge is 0.463 e. The molecule has 0 bridgehead atoms. The van der Waals surface area contributed by atoms with Gasteiger partial charge in [-0.1, -0.05) is 17.7 Å². The minimum atomic E-state index is -0.474. The van der Waals surface area contributed by atoms with E-state index in [1.54, 1.807) is 18.0 Å². The number of carbonyl (C=O) groups is 1. The number of hydrogen-bond donors (Lipinski definition) is 2. The molecule has 4 aromatic rings. The number of halogens is 2. The maximum absolute atomic E-state index is 15.0. The Hall–Kier alpha value is -3.76. The predicted octanol–water partition coefficient (Wildman–Crippen LogP) is 5.54. The number of nitrogens with one attached hydrogen (secondary N) is 1. The lowest BCUT2D eigenvalue weighted by atomic mass is 9.91. The summed E-state index contributed by atoms with van der Waals surface area (Å²) in [6.07, 6.45) is 3.62. The Morgan fingerprint density at radius 2 is 2.07 bits per heavy atom. The molecule has 13 heteroatoms. The Balaban J connectivity index is 1.43. The Morgan fingerprint density at radius 1 is 1.29 bits per heavy atom. The summed E-state index contributed by atoms with van der Waals surface area (Å²) in [5, 5.41) is 15.0. The highest BCUT2D eigenvalue weighted by Crippen LogP contribution is 2.50. The van der Waals surface area contributed by atoms with Crippen LogP contribution in [0.2, 0.25) is 5.02 Å². The van der Waals surface area contributed by atoms with Gasteiger partial charge in [-0.15, -0.1) is 11.3 Å². The molecule has 2 aromatic carbocycles. The number of carbonyl (C=O) groups excluding carboxylic acids is 1. The van der Waals surface area contributed by atoms with Gasteiger partial charge in [0.15, 0.2) is 0 Å². The monoisotopic (exact) mass is 649 g/mol. The highest BCUT2D eigenvalue weighted by Gasteiger charge is 2.44. The highest BCUT2D eigenvalue weighted by atomic mass is 35.5. The average Bonchev–Trinajstić information content (AvgIpc) is 3.42. The second-order valence-electron chi connectivity index (χ2n) is 12.6. The number of likely N-dealkylation sites (tertiary alicyclic amines) is 1. The zero-order valence-corrected chi connectivity index (χ0v) is 26.9. The maximum Gasteiger partial charge on any atom is 0.319 e. The Labute approximate surface area is 268 Å². The molecule has 3 aliphatic rings. The molecule has 2 fully saturated rings. The average molecular weight is 650 g/mol. The molecule has 45 heavy (non-hydrogen) atoms. The van der Waals surface area contributed by atoms with Gasteiger partial charge in [-0.05, 0) is 62.5 Å². The Kier molecular flexibility index (Phi) is 7.48. The molecular weight excluding hydrogens is 617 g/mol. The van der Waals surface area contributed by atoms with Crippen LogP contribution in [0.3, 0.4) is 0 Å². The van der Waals surface area contributed by atoms with Crippen LogP contribution >= 0.6 is 22.9 Å². The molecule has 4 heterocycles. The van der Waals surface area contributed by atoms with Crippen molar-refractivity contribution in [1.82, 2.24) is 19.8 Å². The lowest BCUT2D eigenvalue weighted by Crippen LogP contribution is -2.45. The molecule has 1 amide bonds. The summed E-state index contributed by atoms with van der Waals surface area (Å²) in [6.45, 7) is 2.54. The first-order valence-corrected chi connectivity index (χ1v) is 16.1. The molecule has 10 nitrogen and oxygen atoms in total. The second kappa shape index (κ2) is 11.2. The van der Waals surface area contributed by atoms with E-state index in [1.807, 2.05) is 14.1 Å². The molecule has 0 spiro atoms. The molecule has 3 N–H and O–H groups in total. The molecule has 7 rings (SSSR count). The first kappa shape index (κ1) is 29.9. The first-order chi connectivity index (χ1) is 21.6. The maximum atomic E-state index is 15.0. The van der Waals surface area contributed by atoms with Crippen LogP contribution in [0.4, 0.5) is 15.2 Å². The normalized spacial score (nSPS) is 18.9. The van der Waals surface area contributed by atoms with Crippen molar-refractivity contribution in [2.45, 2.75) is 44.9 Å². The molecule has 1 saturated carbocycles. The minimum Gasteiger partial charge on any atom is -0.463 e. The van der Waals surface area contributed by atoms with Crippen LogP contribution < -0.4 is 15.8 Å². The number of nitrogen functional groups attached to an aromatic ring is 1. The van der Waals surface area contributed by atoms with Crippen molar-refractivity contribution in [3.63, 3.8) is 0 Å². The first-order valence-electron chi connectivity index (χ1n) is 14.9. The summed E-state index contributed by atoms with van der Waals surface area (Å²) in [7, 11) is 5.89. The van der Waals surface area contributed by atoms with Gasteiger partial charge in [-0.3, -0.25) is 4.79 Å². The van der Waals surface area contributed by atoms with E-state index in [0.717, 1.165) is 48.3 Å². The molecule has 2 aliphatic heterocycles. The van der Waals surface area contributed by atoms with Crippen molar-refractivity contribution >= 4 is 60.7 Å². The number of nitriles is 1. The van der Waals surface area contributed by atoms with Crippen molar-refractivity contribution in [3.8, 4) is 23.2 Å². The summed E-state index contributed by atoms with van der Waals surface area (Å²) in [6, 6.07) is 4.82. The number of piperidine rings is 1. The number of nitrogens with zero attached hydrogens (tertiary/aromatic N) is 5. The smallest absolute Gasteiger partial charge is 0.319 e. The molecular formula is C32H33ClFN7O3S. The topological polar surface area (TPSA) is 130 Å². The van der Waals surface area contributed by atoms with Gasteiger partial charge in [0.05, 0.1) is 46.0 Å². The SMILES string of the molecule is CN(C)CC1(COc2nc(N[C@@H]3CCCN(C)C3=O)c3c4c(c(-c5ccc(F)c6sc(N)c(C#N)c56)c(Cl)c3n2)COC4)CC1. The number of ether oxygens (including phenoxy) is 2. The molecule has 1 saturated heterocycles. The van der Waals surface area contributed by atoms with E-state index in [9.17, 15) is 10.1 Å². The number of nitrogens with two attached hydrogens (primary N) is 1.